The number of rotatable bonds is 0. The fourth-order valence-electron chi connectivity index (χ4n) is 0.321. The molecule has 0 spiro atoms. The van der Waals surface area contributed by atoms with Crippen molar-refractivity contribution in [2.45, 2.75) is 0 Å². The van der Waals surface area contributed by atoms with Crippen molar-refractivity contribution in [1.82, 2.24) is 0 Å². The molecule has 0 saturated heterocycles. The molecular weight excluding hydrogens is 280 g/mol. The van der Waals surface area contributed by atoms with Gasteiger partial charge in [-0.1, -0.05) is 0 Å². The Balaban J connectivity index is 0. The molecule has 0 N–H and O–H groups in total. The van der Waals surface area contributed by atoms with Gasteiger partial charge in [-0.05, 0) is 0 Å². The molecule has 9 heavy (non-hydrogen) atoms. The van der Waals surface area contributed by atoms with Gasteiger partial charge >= 0.3 is 21.1 Å². The van der Waals surface area contributed by atoms with Crippen LogP contribution in [0.2, 0.25) is 0 Å². The average Bonchev–Trinajstić information content (AvgIpc) is 2.17. The monoisotopic (exact) mass is 290 g/mol. The molecule has 0 radical (unpaired) electrons. The van der Waals surface area contributed by atoms with Crippen LogP contribution in [0.25, 0.3) is 0 Å². The van der Waals surface area contributed by atoms with Crippen molar-refractivity contribution in [3.05, 3.63) is 49.9 Å². The molecule has 0 aliphatic rings. The standard InChI is InChI=1S/C5H5.C3H5.W/c1-2-4-5-3-1;1-3-2;/h1-5H;3H,1-2H2;/q2*-1;+2. The molecule has 0 aliphatic heterocycles. The molecule has 0 saturated carbocycles. The second-order valence-corrected chi connectivity index (χ2v) is 1.25. The van der Waals surface area contributed by atoms with E-state index in [1.165, 1.54) is 6.08 Å². The van der Waals surface area contributed by atoms with Gasteiger partial charge in [0.25, 0.3) is 0 Å². The van der Waals surface area contributed by atoms with E-state index in [0.717, 1.165) is 0 Å². The van der Waals surface area contributed by atoms with Gasteiger partial charge in [-0.25, -0.2) is 31.7 Å². The molecule has 0 atom stereocenters. The van der Waals surface area contributed by atoms with Crippen LogP contribution in [0.15, 0.2) is 43.0 Å². The predicted molar refractivity (Wildman–Crippen MR) is 37.6 cm³/mol. The molecule has 48 valence electrons. The molecule has 1 aromatic carbocycles. The first-order valence-corrected chi connectivity index (χ1v) is 2.48. The van der Waals surface area contributed by atoms with Gasteiger partial charge in [0.2, 0.25) is 0 Å². The van der Waals surface area contributed by atoms with Gasteiger partial charge in [-0.3, -0.25) is 0 Å². The Labute approximate surface area is 71.2 Å². The SMILES string of the molecule is C=C[CH2-].[W+2].c1cc[cH-]c1. The molecule has 1 rings (SSSR count). The predicted octanol–water partition coefficient (Wildman–Crippen LogP) is 2.41. The second-order valence-electron chi connectivity index (χ2n) is 1.25. The molecule has 1 aromatic rings. The van der Waals surface area contributed by atoms with Crippen LogP contribution in [0, 0.1) is 6.92 Å². The molecule has 0 fully saturated rings. The van der Waals surface area contributed by atoms with E-state index in [9.17, 15) is 0 Å². The van der Waals surface area contributed by atoms with E-state index in [1.54, 1.807) is 0 Å². The van der Waals surface area contributed by atoms with Crippen molar-refractivity contribution >= 4 is 0 Å². The van der Waals surface area contributed by atoms with E-state index in [0.29, 0.717) is 0 Å². The van der Waals surface area contributed by atoms with E-state index in [2.05, 4.69) is 13.5 Å². The average molecular weight is 290 g/mol. The molecule has 0 heterocycles. The van der Waals surface area contributed by atoms with Gasteiger partial charge in [0, 0.05) is 0 Å². The summed E-state index contributed by atoms with van der Waals surface area (Å²) in [5.41, 5.74) is 0. The maximum atomic E-state index is 3.25. The summed E-state index contributed by atoms with van der Waals surface area (Å²) in [6.07, 6.45) is 1.50. The summed E-state index contributed by atoms with van der Waals surface area (Å²) in [7, 11) is 0. The summed E-state index contributed by atoms with van der Waals surface area (Å²) >= 11 is 0. The van der Waals surface area contributed by atoms with Gasteiger partial charge < -0.3 is 0 Å². The number of hydrogen-bond acceptors (Lipinski definition) is 0. The Hall–Kier alpha value is -0.352. The van der Waals surface area contributed by atoms with Crippen LogP contribution in [-0.4, -0.2) is 0 Å². The quantitative estimate of drug-likeness (QED) is 0.644. The first kappa shape index (κ1) is 11.4. The summed E-state index contributed by atoms with van der Waals surface area (Å²) in [5.74, 6) is 0. The van der Waals surface area contributed by atoms with E-state index < -0.39 is 0 Å². The summed E-state index contributed by atoms with van der Waals surface area (Å²) in [6, 6.07) is 10.0. The van der Waals surface area contributed by atoms with Crippen molar-refractivity contribution < 1.29 is 21.1 Å². The van der Waals surface area contributed by atoms with Crippen LogP contribution in [0.5, 0.6) is 0 Å². The van der Waals surface area contributed by atoms with Crippen molar-refractivity contribution in [3.8, 4) is 0 Å². The fourth-order valence-corrected chi connectivity index (χ4v) is 0.321. The third kappa shape index (κ3) is 11.3. The number of allylic oxidation sites excluding steroid dienone is 1. The van der Waals surface area contributed by atoms with Gasteiger partial charge in [-0.15, -0.1) is 0 Å². The molecule has 0 aliphatic carbocycles. The maximum Gasteiger partial charge on any atom is 2.00 e. The molecule has 1 heteroatoms. The summed E-state index contributed by atoms with van der Waals surface area (Å²) in [5, 5.41) is 0. The Morgan fingerprint density at radius 2 is 1.67 bits per heavy atom. The number of hydrogen-bond donors (Lipinski definition) is 0. The Kier molecular flexibility index (Phi) is 13.5. The smallest absolute Gasteiger partial charge is 0.245 e. The van der Waals surface area contributed by atoms with E-state index in [-0.39, 0.29) is 21.1 Å². The third-order valence-electron chi connectivity index (χ3n) is 0.556. The minimum Gasteiger partial charge on any atom is -0.245 e. The zero-order chi connectivity index (χ0) is 6.24. The molecule has 0 bridgehead atoms. The van der Waals surface area contributed by atoms with Crippen molar-refractivity contribution in [1.29, 1.82) is 0 Å². The molecule has 0 aromatic heterocycles. The largest absolute Gasteiger partial charge is 2.00 e. The molecular formula is C8H10W. The minimum atomic E-state index is 0. The van der Waals surface area contributed by atoms with Gasteiger partial charge in [-0.2, -0.15) is 18.2 Å². The van der Waals surface area contributed by atoms with Gasteiger partial charge in [0.15, 0.2) is 0 Å². The summed E-state index contributed by atoms with van der Waals surface area (Å²) in [6.45, 7) is 6.50. The van der Waals surface area contributed by atoms with Crippen LogP contribution in [0.4, 0.5) is 0 Å². The normalized spacial score (nSPS) is 5.78. The van der Waals surface area contributed by atoms with Crippen molar-refractivity contribution in [2.75, 3.05) is 0 Å². The topological polar surface area (TPSA) is 0 Å². The Morgan fingerprint density at radius 3 is 1.78 bits per heavy atom. The van der Waals surface area contributed by atoms with Crippen molar-refractivity contribution in [2.24, 2.45) is 0 Å². The molecule has 0 unspecified atom stereocenters. The van der Waals surface area contributed by atoms with Crippen molar-refractivity contribution in [3.63, 3.8) is 0 Å². The zero-order valence-electron chi connectivity index (χ0n) is 5.29. The molecule has 0 amide bonds. The second kappa shape index (κ2) is 10.6. The Bertz CT molecular complexity index is 90.9. The van der Waals surface area contributed by atoms with Crippen LogP contribution in [0.3, 0.4) is 0 Å². The third-order valence-corrected chi connectivity index (χ3v) is 0.556. The summed E-state index contributed by atoms with van der Waals surface area (Å²) < 4.78 is 0. The first-order chi connectivity index (χ1) is 3.91. The minimum absolute atomic E-state index is 0. The van der Waals surface area contributed by atoms with Crippen LogP contribution < -0.4 is 0 Å². The van der Waals surface area contributed by atoms with E-state index in [4.69, 9.17) is 0 Å². The Morgan fingerprint density at radius 1 is 1.33 bits per heavy atom. The van der Waals surface area contributed by atoms with E-state index >= 15 is 0 Å². The van der Waals surface area contributed by atoms with Gasteiger partial charge in [0.05, 0.1) is 0 Å². The van der Waals surface area contributed by atoms with Gasteiger partial charge in [0.1, 0.15) is 0 Å². The molecule has 0 nitrogen and oxygen atoms in total. The zero-order valence-corrected chi connectivity index (χ0v) is 8.22. The fraction of sp³-hybridized carbons (Fsp3) is 0. The maximum absolute atomic E-state index is 3.25. The van der Waals surface area contributed by atoms with Crippen LogP contribution in [0.1, 0.15) is 0 Å². The first-order valence-electron chi connectivity index (χ1n) is 2.48. The van der Waals surface area contributed by atoms with Crippen LogP contribution in [-0.2, 0) is 21.1 Å². The summed E-state index contributed by atoms with van der Waals surface area (Å²) in [4.78, 5) is 0. The van der Waals surface area contributed by atoms with E-state index in [1.807, 2.05) is 30.3 Å². The van der Waals surface area contributed by atoms with Crippen LogP contribution >= 0.6 is 0 Å².